The van der Waals surface area contributed by atoms with E-state index in [2.05, 4.69) is 14.8 Å². The van der Waals surface area contributed by atoms with Crippen LogP contribution >= 0.6 is 11.5 Å². The predicted octanol–water partition coefficient (Wildman–Crippen LogP) is 3.43. The molecule has 0 fully saturated rings. The van der Waals surface area contributed by atoms with Crippen LogP contribution in [0.2, 0.25) is 0 Å². The van der Waals surface area contributed by atoms with Gasteiger partial charge in [-0.25, -0.2) is 4.68 Å². The highest BCUT2D eigenvalue weighted by Gasteiger charge is 2.32. The number of fused-ring (bicyclic) bond motifs is 1. The number of nitrogens with zero attached hydrogens (tertiary/aromatic N) is 3. The number of anilines is 1. The van der Waals surface area contributed by atoms with Crippen LogP contribution in [0.25, 0.3) is 5.69 Å². The lowest BCUT2D eigenvalue weighted by molar-refractivity contribution is -0.116. The van der Waals surface area contributed by atoms with Gasteiger partial charge in [-0.2, -0.15) is 9.47 Å². The monoisotopic (exact) mass is 354 g/mol. The van der Waals surface area contributed by atoms with E-state index >= 15 is 0 Å². The maximum absolute atomic E-state index is 12.1. The van der Waals surface area contributed by atoms with Crippen LogP contribution in [-0.4, -0.2) is 27.2 Å². The third kappa shape index (κ3) is 2.60. The average molecular weight is 354 g/mol. The summed E-state index contributed by atoms with van der Waals surface area (Å²) >= 11 is 1.34. The summed E-state index contributed by atoms with van der Waals surface area (Å²) in [6.45, 7) is 4.02. The summed E-state index contributed by atoms with van der Waals surface area (Å²) in [4.78, 5) is 12.1. The van der Waals surface area contributed by atoms with Crippen molar-refractivity contribution in [2.45, 2.75) is 26.2 Å². The van der Waals surface area contributed by atoms with Crippen molar-refractivity contribution in [3.05, 3.63) is 53.0 Å². The third-order valence-electron chi connectivity index (χ3n) is 4.64. The molecule has 0 radical (unpaired) electrons. The quantitative estimate of drug-likeness (QED) is 0.782. The minimum absolute atomic E-state index is 0.00509. The number of methoxy groups -OCH3 is 1. The summed E-state index contributed by atoms with van der Waals surface area (Å²) in [5, 5.41) is 8.34. The molecule has 0 saturated carbocycles. The molecule has 25 heavy (non-hydrogen) atoms. The lowest BCUT2D eigenvalue weighted by atomic mass is 9.86. The van der Waals surface area contributed by atoms with Crippen LogP contribution in [0, 0.1) is 13.8 Å². The highest BCUT2D eigenvalue weighted by Crippen LogP contribution is 2.42. The van der Waals surface area contributed by atoms with Gasteiger partial charge in [-0.05, 0) is 49.6 Å². The zero-order valence-electron chi connectivity index (χ0n) is 14.2. The summed E-state index contributed by atoms with van der Waals surface area (Å²) in [6, 6.07) is 7.77. The molecule has 1 aliphatic heterocycles. The Hall–Kier alpha value is -2.67. The zero-order chi connectivity index (χ0) is 17.6. The van der Waals surface area contributed by atoms with E-state index in [1.54, 1.807) is 7.11 Å². The first-order valence-electron chi connectivity index (χ1n) is 8.03. The van der Waals surface area contributed by atoms with Gasteiger partial charge in [-0.1, -0.05) is 0 Å². The Bertz CT molecular complexity index is 943. The van der Waals surface area contributed by atoms with E-state index in [0.717, 1.165) is 39.0 Å². The molecule has 0 bridgehead atoms. The summed E-state index contributed by atoms with van der Waals surface area (Å²) in [6.07, 6.45) is 2.28. The molecule has 2 aromatic heterocycles. The van der Waals surface area contributed by atoms with Gasteiger partial charge in [0.1, 0.15) is 10.8 Å². The average Bonchev–Trinajstić information content (AvgIpc) is 3.17. The largest absolute Gasteiger partial charge is 0.497 e. The third-order valence-corrected chi connectivity index (χ3v) is 5.51. The highest BCUT2D eigenvalue weighted by molar-refractivity contribution is 7.10. The topological polar surface area (TPSA) is 69.0 Å². The minimum Gasteiger partial charge on any atom is -0.497 e. The molecule has 0 saturated heterocycles. The molecular weight excluding hydrogens is 336 g/mol. The Morgan fingerprint density at radius 2 is 2.04 bits per heavy atom. The molecule has 1 amide bonds. The first kappa shape index (κ1) is 15.8. The predicted molar refractivity (Wildman–Crippen MR) is 96.8 cm³/mol. The number of ether oxygens (including phenoxy) is 1. The second-order valence-corrected chi connectivity index (χ2v) is 6.88. The van der Waals surface area contributed by atoms with Gasteiger partial charge in [0.25, 0.3) is 0 Å². The Labute approximate surface area is 149 Å². The van der Waals surface area contributed by atoms with Crippen LogP contribution < -0.4 is 10.1 Å². The van der Waals surface area contributed by atoms with Gasteiger partial charge in [0.2, 0.25) is 5.91 Å². The van der Waals surface area contributed by atoms with Gasteiger partial charge in [0.05, 0.1) is 24.7 Å². The number of aromatic nitrogens is 3. The number of carbonyl (C=O) groups excluding carboxylic acids is 1. The van der Waals surface area contributed by atoms with Crippen LogP contribution in [-0.2, 0) is 4.79 Å². The number of amides is 1. The van der Waals surface area contributed by atoms with Gasteiger partial charge in [0.15, 0.2) is 0 Å². The van der Waals surface area contributed by atoms with Gasteiger partial charge >= 0.3 is 0 Å². The van der Waals surface area contributed by atoms with E-state index in [0.29, 0.717) is 6.42 Å². The van der Waals surface area contributed by atoms with Gasteiger partial charge < -0.3 is 10.1 Å². The summed E-state index contributed by atoms with van der Waals surface area (Å²) in [7, 11) is 1.65. The Morgan fingerprint density at radius 3 is 2.76 bits per heavy atom. The number of benzene rings is 1. The summed E-state index contributed by atoms with van der Waals surface area (Å²) in [5.74, 6) is 0.828. The molecule has 1 atom stereocenters. The summed E-state index contributed by atoms with van der Waals surface area (Å²) in [5.41, 5.74) is 5.14. The normalized spacial score (nSPS) is 16.4. The molecule has 1 aromatic carbocycles. The zero-order valence-corrected chi connectivity index (χ0v) is 15.1. The van der Waals surface area contributed by atoms with Crippen LogP contribution in [0.3, 0.4) is 0 Å². The van der Waals surface area contributed by atoms with E-state index < -0.39 is 0 Å². The van der Waals surface area contributed by atoms with E-state index in [4.69, 9.17) is 4.74 Å². The van der Waals surface area contributed by atoms with Crippen molar-refractivity contribution in [1.82, 2.24) is 14.2 Å². The molecule has 1 aliphatic rings. The number of rotatable bonds is 3. The molecule has 3 aromatic rings. The first-order chi connectivity index (χ1) is 12.1. The number of carbonyl (C=O) groups is 1. The van der Waals surface area contributed by atoms with Crippen LogP contribution in [0.5, 0.6) is 5.75 Å². The molecule has 0 unspecified atom stereocenters. The molecular formula is C18H18N4O2S. The fourth-order valence-corrected chi connectivity index (χ4v) is 4.23. The standard InChI is InChI=1S/C18H18N4O2S/c1-10-17-14(8-16(23)20-18(17)25-21-10)15-9-19-22(11(15)2)12-4-6-13(24-3)7-5-12/h4-7,9,14H,8H2,1-3H3,(H,20,23)/t14-/m0/s1. The Morgan fingerprint density at radius 1 is 1.28 bits per heavy atom. The number of hydrogen-bond acceptors (Lipinski definition) is 5. The van der Waals surface area contributed by atoms with Crippen molar-refractivity contribution in [2.24, 2.45) is 0 Å². The molecule has 3 heterocycles. The van der Waals surface area contributed by atoms with Crippen molar-refractivity contribution >= 4 is 22.4 Å². The van der Waals surface area contributed by atoms with Crippen molar-refractivity contribution in [2.75, 3.05) is 12.4 Å². The van der Waals surface area contributed by atoms with Crippen molar-refractivity contribution in [1.29, 1.82) is 0 Å². The van der Waals surface area contributed by atoms with E-state index in [9.17, 15) is 4.79 Å². The molecule has 6 nitrogen and oxygen atoms in total. The minimum atomic E-state index is -0.00509. The molecule has 7 heteroatoms. The SMILES string of the molecule is COc1ccc(-n2ncc([C@@H]3CC(=O)Nc4snc(C)c43)c2C)cc1. The molecule has 128 valence electrons. The second-order valence-electron chi connectivity index (χ2n) is 6.11. The number of aryl methyl sites for hydroxylation is 1. The number of nitrogens with one attached hydrogen (secondary N) is 1. The lowest BCUT2D eigenvalue weighted by Crippen LogP contribution is -2.23. The van der Waals surface area contributed by atoms with Crippen LogP contribution in [0.4, 0.5) is 5.00 Å². The molecule has 1 N–H and O–H groups in total. The molecule has 4 rings (SSSR count). The van der Waals surface area contributed by atoms with Crippen molar-refractivity contribution in [3.8, 4) is 11.4 Å². The fourth-order valence-electron chi connectivity index (χ4n) is 3.36. The molecule has 0 spiro atoms. The van der Waals surface area contributed by atoms with E-state index in [1.807, 2.05) is 49.0 Å². The highest BCUT2D eigenvalue weighted by atomic mass is 32.1. The first-order valence-corrected chi connectivity index (χ1v) is 8.80. The van der Waals surface area contributed by atoms with Gasteiger partial charge in [-0.3, -0.25) is 4.79 Å². The van der Waals surface area contributed by atoms with E-state index in [-0.39, 0.29) is 11.8 Å². The van der Waals surface area contributed by atoms with Crippen molar-refractivity contribution in [3.63, 3.8) is 0 Å². The maximum atomic E-state index is 12.1. The maximum Gasteiger partial charge on any atom is 0.225 e. The van der Waals surface area contributed by atoms with Gasteiger partial charge in [0, 0.05) is 29.2 Å². The number of hydrogen-bond donors (Lipinski definition) is 1. The smallest absolute Gasteiger partial charge is 0.225 e. The van der Waals surface area contributed by atoms with E-state index in [1.165, 1.54) is 11.5 Å². The second kappa shape index (κ2) is 6.00. The van der Waals surface area contributed by atoms with Crippen LogP contribution in [0.15, 0.2) is 30.5 Å². The Kier molecular flexibility index (Phi) is 3.80. The Balaban J connectivity index is 1.76. The van der Waals surface area contributed by atoms with Gasteiger partial charge in [-0.15, -0.1) is 0 Å². The fraction of sp³-hybridized carbons (Fsp3) is 0.278. The lowest BCUT2D eigenvalue weighted by Gasteiger charge is -2.22. The molecule has 0 aliphatic carbocycles. The van der Waals surface area contributed by atoms with Crippen LogP contribution in [0.1, 0.15) is 34.9 Å². The van der Waals surface area contributed by atoms with Crippen molar-refractivity contribution < 1.29 is 9.53 Å². The summed E-state index contributed by atoms with van der Waals surface area (Å²) < 4.78 is 11.5.